The fraction of sp³-hybridized carbons (Fsp3) is 0. The second kappa shape index (κ2) is 33.4. The zero-order valence-corrected chi connectivity index (χ0v) is 18.5. The first-order chi connectivity index (χ1) is 0. The van der Waals surface area contributed by atoms with Gasteiger partial charge < -0.3 is 16.4 Å². The Bertz CT molecular complexity index is 8.75. The molecule has 0 saturated heterocycles. The van der Waals surface area contributed by atoms with E-state index in [1.165, 1.54) is 0 Å². The SMILES string of the molecule is [Cs+].[Cs+].[Ir].[O-2].[O-2].[O-2]. The van der Waals surface area contributed by atoms with Gasteiger partial charge in [0, 0.05) is 20.1 Å². The minimum Gasteiger partial charge on any atom is -2.00 e. The summed E-state index contributed by atoms with van der Waals surface area (Å²) in [7, 11) is 0. The Morgan fingerprint density at radius 2 is 0.500 bits per heavy atom. The molecule has 1 radical (unpaired) electrons. The summed E-state index contributed by atoms with van der Waals surface area (Å²) in [5.74, 6) is 0. The van der Waals surface area contributed by atoms with Crippen LogP contribution >= 0.6 is 0 Å². The standard InChI is InChI=1S/2Cs.Ir.3O/q2*+1;;3*-2. The molecule has 0 aromatic carbocycles. The third-order valence-electron chi connectivity index (χ3n) is 0. The van der Waals surface area contributed by atoms with Gasteiger partial charge in [0.2, 0.25) is 0 Å². The minimum atomic E-state index is 0. The summed E-state index contributed by atoms with van der Waals surface area (Å²) in [4.78, 5) is 0. The molecule has 0 aliphatic rings. The van der Waals surface area contributed by atoms with Gasteiger partial charge >= 0.3 is 138 Å². The third kappa shape index (κ3) is 23.4. The monoisotopic (exact) mass is 507 g/mol. The van der Waals surface area contributed by atoms with Gasteiger partial charge in [0.05, 0.1) is 0 Å². The van der Waals surface area contributed by atoms with Crippen molar-refractivity contribution in [2.24, 2.45) is 0 Å². The number of hydrogen-bond donors (Lipinski definition) is 0. The first-order valence-electron chi connectivity index (χ1n) is 0. The summed E-state index contributed by atoms with van der Waals surface area (Å²) >= 11 is 0. The molecular formula is Cs2IrO3-4. The van der Waals surface area contributed by atoms with Crippen molar-refractivity contribution in [1.82, 2.24) is 0 Å². The molecule has 0 bridgehead atoms. The Morgan fingerprint density at radius 3 is 0.500 bits per heavy atom. The van der Waals surface area contributed by atoms with E-state index in [0.29, 0.717) is 0 Å². The molecule has 0 rings (SSSR count). The summed E-state index contributed by atoms with van der Waals surface area (Å²) < 4.78 is 0. The molecule has 0 N–H and O–H groups in total. The van der Waals surface area contributed by atoms with Crippen LogP contribution in [-0.2, 0) is 36.5 Å². The molecule has 0 saturated carbocycles. The molecule has 6 heteroatoms. The Kier molecular flexibility index (Phi) is 256. The molecule has 0 aliphatic heterocycles. The van der Waals surface area contributed by atoms with E-state index in [4.69, 9.17) is 0 Å². The van der Waals surface area contributed by atoms with Crippen LogP contribution in [-0.4, -0.2) is 0 Å². The zero-order chi connectivity index (χ0) is 0. The Hall–Kier alpha value is 4.63. The predicted molar refractivity (Wildman–Crippen MR) is 2.06 cm³/mol. The Labute approximate surface area is 168 Å². The van der Waals surface area contributed by atoms with E-state index in [-0.39, 0.29) is 174 Å². The molecular weight excluding hydrogens is 506 g/mol. The molecule has 0 aromatic rings. The largest absolute Gasteiger partial charge is 2.00 e. The minimum absolute atomic E-state index is 0. The predicted octanol–water partition coefficient (Wildman–Crippen LogP) is -6.35. The van der Waals surface area contributed by atoms with E-state index < -0.39 is 0 Å². The first-order valence-corrected chi connectivity index (χ1v) is 0. The maximum atomic E-state index is 0. The van der Waals surface area contributed by atoms with Crippen molar-refractivity contribution in [3.8, 4) is 0 Å². The van der Waals surface area contributed by atoms with Crippen molar-refractivity contribution >= 4 is 0 Å². The molecule has 0 heterocycles. The van der Waals surface area contributed by atoms with E-state index >= 15 is 0 Å². The summed E-state index contributed by atoms with van der Waals surface area (Å²) in [6.45, 7) is 0. The molecule has 3 nitrogen and oxygen atoms in total. The maximum Gasteiger partial charge on any atom is 1.00 e. The van der Waals surface area contributed by atoms with Gasteiger partial charge in [-0.2, -0.15) is 0 Å². The van der Waals surface area contributed by atoms with E-state index in [1.807, 2.05) is 0 Å². The average Bonchev–Trinajstić information content (AvgIpc) is 0. The van der Waals surface area contributed by atoms with Crippen LogP contribution in [0, 0.1) is 0 Å². The smallest absolute Gasteiger partial charge is 1.00 e. The second-order valence-electron chi connectivity index (χ2n) is 0. The molecule has 0 spiro atoms. The second-order valence-corrected chi connectivity index (χ2v) is 0. The molecule has 33 valence electrons. The van der Waals surface area contributed by atoms with Crippen LogP contribution in [0.4, 0.5) is 0 Å². The van der Waals surface area contributed by atoms with Crippen molar-refractivity contribution in [2.75, 3.05) is 0 Å². The molecule has 0 fully saturated rings. The van der Waals surface area contributed by atoms with Crippen molar-refractivity contribution in [2.45, 2.75) is 0 Å². The Morgan fingerprint density at radius 1 is 0.500 bits per heavy atom. The van der Waals surface area contributed by atoms with Gasteiger partial charge in [-0.15, -0.1) is 0 Å². The van der Waals surface area contributed by atoms with Crippen LogP contribution in [0.5, 0.6) is 0 Å². The van der Waals surface area contributed by atoms with Crippen LogP contribution in [0.1, 0.15) is 0 Å². The fourth-order valence-corrected chi connectivity index (χ4v) is 0. The average molecular weight is 506 g/mol. The van der Waals surface area contributed by atoms with Crippen LogP contribution in [0.15, 0.2) is 0 Å². The van der Waals surface area contributed by atoms with Crippen molar-refractivity contribution < 1.29 is 174 Å². The summed E-state index contributed by atoms with van der Waals surface area (Å²) in [6, 6.07) is 0. The van der Waals surface area contributed by atoms with Crippen LogP contribution in [0.25, 0.3) is 0 Å². The Balaban J connectivity index is 0. The van der Waals surface area contributed by atoms with Gasteiger partial charge in [0.25, 0.3) is 0 Å². The topological polar surface area (TPSA) is 85.5 Å². The molecule has 0 amide bonds. The number of hydrogen-bond acceptors (Lipinski definition) is 0. The van der Waals surface area contributed by atoms with E-state index in [2.05, 4.69) is 0 Å². The molecule has 0 aliphatic carbocycles. The van der Waals surface area contributed by atoms with Gasteiger partial charge in [-0.05, 0) is 0 Å². The molecule has 0 atom stereocenters. The number of rotatable bonds is 0. The van der Waals surface area contributed by atoms with Crippen molar-refractivity contribution in [1.29, 1.82) is 0 Å². The van der Waals surface area contributed by atoms with Crippen LogP contribution in [0.2, 0.25) is 0 Å². The van der Waals surface area contributed by atoms with E-state index in [1.54, 1.807) is 0 Å². The summed E-state index contributed by atoms with van der Waals surface area (Å²) in [6.07, 6.45) is 0. The zero-order valence-electron chi connectivity index (χ0n) is 3.56. The van der Waals surface area contributed by atoms with Crippen LogP contribution < -0.4 is 138 Å². The van der Waals surface area contributed by atoms with Gasteiger partial charge in [0.1, 0.15) is 0 Å². The normalized spacial score (nSPS) is 0. The maximum absolute atomic E-state index is 0. The van der Waals surface area contributed by atoms with Gasteiger partial charge in [-0.25, -0.2) is 0 Å². The quantitative estimate of drug-likeness (QED) is 0.314. The van der Waals surface area contributed by atoms with Crippen LogP contribution in [0.3, 0.4) is 0 Å². The first kappa shape index (κ1) is 46.0. The summed E-state index contributed by atoms with van der Waals surface area (Å²) in [5, 5.41) is 0. The third-order valence-corrected chi connectivity index (χ3v) is 0. The van der Waals surface area contributed by atoms with Gasteiger partial charge in [-0.1, -0.05) is 0 Å². The summed E-state index contributed by atoms with van der Waals surface area (Å²) in [5.41, 5.74) is 0. The molecule has 6 heavy (non-hydrogen) atoms. The molecule has 0 unspecified atom stereocenters. The molecule has 0 aromatic heterocycles. The van der Waals surface area contributed by atoms with Crippen molar-refractivity contribution in [3.63, 3.8) is 0 Å². The van der Waals surface area contributed by atoms with Gasteiger partial charge in [-0.3, -0.25) is 0 Å². The van der Waals surface area contributed by atoms with Crippen molar-refractivity contribution in [3.05, 3.63) is 0 Å². The van der Waals surface area contributed by atoms with Gasteiger partial charge in [0.15, 0.2) is 0 Å². The van der Waals surface area contributed by atoms with E-state index in [9.17, 15) is 0 Å². The fourth-order valence-electron chi connectivity index (χ4n) is 0. The van der Waals surface area contributed by atoms with E-state index in [0.717, 1.165) is 0 Å².